The molecule has 0 spiro atoms. The molecular formula is C8H8N2O2S. The fourth-order valence-electron chi connectivity index (χ4n) is 1.13. The maximum atomic E-state index is 11.7. The largest absolute Gasteiger partial charge is 0.489 e. The number of carbonyl (C=O) groups excluding carboxylic acids is 1. The average molecular weight is 196 g/mol. The molecule has 0 aliphatic carbocycles. The predicted molar refractivity (Wildman–Crippen MR) is 47.6 cm³/mol. The second-order valence-corrected chi connectivity index (χ2v) is 3.48. The van der Waals surface area contributed by atoms with E-state index in [1.54, 1.807) is 6.92 Å². The van der Waals surface area contributed by atoms with Crippen LogP contribution in [-0.2, 0) is 4.74 Å². The first-order chi connectivity index (χ1) is 6.29. The molecule has 2 rings (SSSR count). The van der Waals surface area contributed by atoms with Gasteiger partial charge in [-0.05, 0) is 24.5 Å². The van der Waals surface area contributed by atoms with Crippen molar-refractivity contribution in [2.75, 3.05) is 6.61 Å². The van der Waals surface area contributed by atoms with Crippen LogP contribution in [0.1, 0.15) is 21.8 Å². The predicted octanol–water partition coefficient (Wildman–Crippen LogP) is 1.33. The van der Waals surface area contributed by atoms with Crippen LogP contribution >= 0.6 is 11.5 Å². The summed E-state index contributed by atoms with van der Waals surface area (Å²) >= 11 is 1.11. The number of rotatable bonds is 2. The van der Waals surface area contributed by atoms with Gasteiger partial charge in [-0.2, -0.15) is 0 Å². The molecule has 0 N–H and O–H groups in total. The van der Waals surface area contributed by atoms with Crippen LogP contribution in [0.5, 0.6) is 0 Å². The van der Waals surface area contributed by atoms with Gasteiger partial charge >= 0.3 is 0 Å². The zero-order valence-electron chi connectivity index (χ0n) is 7.11. The standard InChI is InChI=1S/C8H8N2O2S/c1-5-8(13-10-9-5)7(11)6-3-2-4-12-6/h3H,2,4H2,1H3. The van der Waals surface area contributed by atoms with Gasteiger partial charge < -0.3 is 4.74 Å². The van der Waals surface area contributed by atoms with E-state index in [4.69, 9.17) is 4.74 Å². The topological polar surface area (TPSA) is 52.1 Å². The van der Waals surface area contributed by atoms with Gasteiger partial charge in [0.1, 0.15) is 4.88 Å². The first kappa shape index (κ1) is 8.37. The van der Waals surface area contributed by atoms with Gasteiger partial charge in [0.2, 0.25) is 5.78 Å². The summed E-state index contributed by atoms with van der Waals surface area (Å²) in [5, 5.41) is 3.77. The van der Waals surface area contributed by atoms with Crippen LogP contribution in [0.3, 0.4) is 0 Å². The normalized spacial score (nSPS) is 15.3. The van der Waals surface area contributed by atoms with E-state index in [1.165, 1.54) is 0 Å². The lowest BCUT2D eigenvalue weighted by molar-refractivity contribution is 0.0945. The van der Waals surface area contributed by atoms with Gasteiger partial charge in [0.05, 0.1) is 12.3 Å². The highest BCUT2D eigenvalue weighted by Gasteiger charge is 2.21. The second-order valence-electron chi connectivity index (χ2n) is 2.72. The molecule has 1 aromatic heterocycles. The zero-order valence-corrected chi connectivity index (χ0v) is 7.93. The Kier molecular flexibility index (Phi) is 2.10. The molecule has 0 fully saturated rings. The minimum atomic E-state index is -0.0926. The van der Waals surface area contributed by atoms with Crippen LogP contribution in [0, 0.1) is 6.92 Å². The third-order valence-corrected chi connectivity index (χ3v) is 2.61. The first-order valence-electron chi connectivity index (χ1n) is 3.95. The van der Waals surface area contributed by atoms with Crippen LogP contribution in [0.15, 0.2) is 11.8 Å². The van der Waals surface area contributed by atoms with Crippen LogP contribution in [0.2, 0.25) is 0 Å². The third-order valence-electron chi connectivity index (χ3n) is 1.79. The first-order valence-corrected chi connectivity index (χ1v) is 4.73. The number of aryl methyl sites for hydroxylation is 1. The highest BCUT2D eigenvalue weighted by molar-refractivity contribution is 7.08. The van der Waals surface area contributed by atoms with E-state index in [0.717, 1.165) is 18.0 Å². The summed E-state index contributed by atoms with van der Waals surface area (Å²) in [5.41, 5.74) is 0.673. The van der Waals surface area contributed by atoms with E-state index in [2.05, 4.69) is 9.59 Å². The summed E-state index contributed by atoms with van der Waals surface area (Å²) in [6.07, 6.45) is 2.62. The van der Waals surface area contributed by atoms with Crippen LogP contribution in [0.4, 0.5) is 0 Å². The maximum absolute atomic E-state index is 11.7. The third kappa shape index (κ3) is 1.47. The molecule has 68 valence electrons. The van der Waals surface area contributed by atoms with Crippen molar-refractivity contribution in [3.63, 3.8) is 0 Å². The Labute approximate surface area is 79.4 Å². The molecule has 0 aromatic carbocycles. The number of Topliss-reactive ketones (excluding diaryl/α,β-unsaturated/α-hetero) is 1. The van der Waals surface area contributed by atoms with E-state index >= 15 is 0 Å². The number of carbonyl (C=O) groups is 1. The van der Waals surface area contributed by atoms with Crippen molar-refractivity contribution in [3.05, 3.63) is 22.4 Å². The van der Waals surface area contributed by atoms with Gasteiger partial charge in [-0.15, -0.1) is 5.10 Å². The van der Waals surface area contributed by atoms with Crippen molar-refractivity contribution in [3.8, 4) is 0 Å². The van der Waals surface area contributed by atoms with E-state index in [9.17, 15) is 4.79 Å². The van der Waals surface area contributed by atoms with Crippen molar-refractivity contribution in [2.24, 2.45) is 0 Å². The van der Waals surface area contributed by atoms with E-state index in [-0.39, 0.29) is 5.78 Å². The fraction of sp³-hybridized carbons (Fsp3) is 0.375. The number of allylic oxidation sites excluding steroid dienone is 1. The molecule has 1 aromatic rings. The molecule has 0 saturated heterocycles. The summed E-state index contributed by atoms with van der Waals surface area (Å²) < 4.78 is 8.86. The molecule has 0 unspecified atom stereocenters. The Morgan fingerprint density at radius 2 is 2.54 bits per heavy atom. The number of aromatic nitrogens is 2. The number of hydrogen-bond acceptors (Lipinski definition) is 5. The lowest BCUT2D eigenvalue weighted by atomic mass is 10.2. The van der Waals surface area contributed by atoms with Gasteiger partial charge in [-0.1, -0.05) is 4.49 Å². The Bertz CT molecular complexity index is 370. The minimum Gasteiger partial charge on any atom is -0.489 e. The molecule has 1 aliphatic rings. The smallest absolute Gasteiger partial charge is 0.240 e. The number of nitrogens with zero attached hydrogens (tertiary/aromatic N) is 2. The van der Waals surface area contributed by atoms with Gasteiger partial charge in [-0.3, -0.25) is 4.79 Å². The van der Waals surface area contributed by atoms with Crippen molar-refractivity contribution in [1.82, 2.24) is 9.59 Å². The highest BCUT2D eigenvalue weighted by Crippen LogP contribution is 2.19. The lowest BCUT2D eigenvalue weighted by Gasteiger charge is -1.99. The number of hydrogen-bond donors (Lipinski definition) is 0. The molecule has 0 saturated carbocycles. The van der Waals surface area contributed by atoms with Crippen molar-refractivity contribution < 1.29 is 9.53 Å². The molecule has 1 aliphatic heterocycles. The van der Waals surface area contributed by atoms with E-state index in [0.29, 0.717) is 22.9 Å². The number of ketones is 1. The SMILES string of the molecule is Cc1nnsc1C(=O)C1=CCCO1. The zero-order chi connectivity index (χ0) is 9.26. The van der Waals surface area contributed by atoms with Crippen molar-refractivity contribution >= 4 is 17.3 Å². The fourth-order valence-corrected chi connectivity index (χ4v) is 1.73. The molecule has 4 nitrogen and oxygen atoms in total. The Morgan fingerprint density at radius 3 is 3.08 bits per heavy atom. The average Bonchev–Trinajstić information content (AvgIpc) is 2.72. The van der Waals surface area contributed by atoms with Gasteiger partial charge in [-0.25, -0.2) is 0 Å². The quantitative estimate of drug-likeness (QED) is 0.670. The van der Waals surface area contributed by atoms with E-state index < -0.39 is 0 Å². The molecule has 0 atom stereocenters. The summed E-state index contributed by atoms with van der Waals surface area (Å²) in [7, 11) is 0. The molecule has 2 heterocycles. The second kappa shape index (κ2) is 3.26. The van der Waals surface area contributed by atoms with Gasteiger partial charge in [0, 0.05) is 6.42 Å². The minimum absolute atomic E-state index is 0.0926. The van der Waals surface area contributed by atoms with Crippen LogP contribution in [0.25, 0.3) is 0 Å². The maximum Gasteiger partial charge on any atom is 0.240 e. The molecule has 0 radical (unpaired) electrons. The molecular weight excluding hydrogens is 188 g/mol. The van der Waals surface area contributed by atoms with Crippen molar-refractivity contribution in [2.45, 2.75) is 13.3 Å². The Balaban J connectivity index is 2.27. The summed E-state index contributed by atoms with van der Waals surface area (Å²) in [6.45, 7) is 2.37. The monoisotopic (exact) mass is 196 g/mol. The molecule has 5 heteroatoms. The van der Waals surface area contributed by atoms with Gasteiger partial charge in [0.15, 0.2) is 5.76 Å². The summed E-state index contributed by atoms with van der Waals surface area (Å²) in [4.78, 5) is 12.2. The Morgan fingerprint density at radius 1 is 1.69 bits per heavy atom. The summed E-state index contributed by atoms with van der Waals surface area (Å²) in [5.74, 6) is 0.346. The Hall–Kier alpha value is -1.23. The lowest BCUT2D eigenvalue weighted by Crippen LogP contribution is -2.03. The molecule has 13 heavy (non-hydrogen) atoms. The molecule has 0 amide bonds. The van der Waals surface area contributed by atoms with Crippen molar-refractivity contribution in [1.29, 1.82) is 0 Å². The molecule has 0 bridgehead atoms. The summed E-state index contributed by atoms with van der Waals surface area (Å²) in [6, 6.07) is 0. The van der Waals surface area contributed by atoms with E-state index in [1.807, 2.05) is 6.08 Å². The van der Waals surface area contributed by atoms with Crippen LogP contribution < -0.4 is 0 Å². The highest BCUT2D eigenvalue weighted by atomic mass is 32.1. The van der Waals surface area contributed by atoms with Crippen LogP contribution in [-0.4, -0.2) is 22.0 Å². The van der Waals surface area contributed by atoms with Gasteiger partial charge in [0.25, 0.3) is 0 Å². The number of ether oxygens (including phenoxy) is 1.